The van der Waals surface area contributed by atoms with Gasteiger partial charge in [0.05, 0.1) is 7.11 Å². The first-order chi connectivity index (χ1) is 10.6. The molecule has 2 rings (SSSR count). The zero-order valence-corrected chi connectivity index (χ0v) is 13.1. The van der Waals surface area contributed by atoms with E-state index in [0.717, 1.165) is 38.2 Å². The Kier molecular flexibility index (Phi) is 6.03. The molecule has 1 N–H and O–H groups in total. The minimum Gasteiger partial charge on any atom is -0.493 e. The number of carboxylic acid groups (broad SMARTS) is 1. The molecule has 1 aromatic rings. The smallest absolute Gasteiger partial charge is 0.341 e. The fourth-order valence-corrected chi connectivity index (χ4v) is 2.61. The van der Waals surface area contributed by atoms with Crippen molar-refractivity contribution < 1.29 is 24.1 Å². The van der Waals surface area contributed by atoms with Crippen LogP contribution in [0.2, 0.25) is 0 Å². The second-order valence-corrected chi connectivity index (χ2v) is 5.43. The van der Waals surface area contributed by atoms with E-state index >= 15 is 0 Å². The average Bonchev–Trinajstić information content (AvgIpc) is 2.54. The van der Waals surface area contributed by atoms with Gasteiger partial charge in [-0.15, -0.1) is 0 Å². The molecule has 122 valence electrons. The van der Waals surface area contributed by atoms with E-state index in [1.165, 1.54) is 7.11 Å². The van der Waals surface area contributed by atoms with Gasteiger partial charge in [-0.25, -0.2) is 4.79 Å². The molecule has 0 atom stereocenters. The monoisotopic (exact) mass is 309 g/mol. The molecular weight excluding hydrogens is 286 g/mol. The largest absolute Gasteiger partial charge is 0.493 e. The van der Waals surface area contributed by atoms with Crippen LogP contribution in [0.4, 0.5) is 0 Å². The van der Waals surface area contributed by atoms with Crippen molar-refractivity contribution in [3.63, 3.8) is 0 Å². The van der Waals surface area contributed by atoms with Crippen LogP contribution in [0.3, 0.4) is 0 Å². The van der Waals surface area contributed by atoms with Gasteiger partial charge in [0, 0.05) is 25.8 Å². The zero-order valence-electron chi connectivity index (χ0n) is 13.1. The molecule has 1 fully saturated rings. The van der Waals surface area contributed by atoms with Crippen molar-refractivity contribution >= 4 is 5.97 Å². The minimum atomic E-state index is -1.01. The van der Waals surface area contributed by atoms with E-state index in [1.54, 1.807) is 0 Å². The molecule has 22 heavy (non-hydrogen) atoms. The summed E-state index contributed by atoms with van der Waals surface area (Å²) in [6, 6.07) is 6.14. The maximum Gasteiger partial charge on any atom is 0.341 e. The van der Waals surface area contributed by atoms with Gasteiger partial charge in [-0.2, -0.15) is 0 Å². The lowest BCUT2D eigenvalue weighted by Crippen LogP contribution is -2.36. The molecule has 6 nitrogen and oxygen atoms in total. The second kappa shape index (κ2) is 8.00. The Morgan fingerprint density at radius 3 is 2.73 bits per heavy atom. The Hall–Kier alpha value is -1.79. The van der Waals surface area contributed by atoms with Gasteiger partial charge in [0.25, 0.3) is 0 Å². The highest BCUT2D eigenvalue weighted by atomic mass is 16.5. The first kappa shape index (κ1) is 16.6. The molecule has 1 aliphatic rings. The molecule has 1 heterocycles. The third-order valence-electron chi connectivity index (χ3n) is 3.83. The van der Waals surface area contributed by atoms with Crippen LogP contribution in [-0.2, 0) is 16.1 Å². The standard InChI is InChI=1S/C16H23NO5/c1-17(13-5-7-21-8-6-13)10-12-3-4-14(20-2)15(9-12)22-11-16(18)19/h3-4,9,13H,5-8,10-11H2,1-2H3,(H,18,19). The Labute approximate surface area is 130 Å². The number of carboxylic acids is 1. The highest BCUT2D eigenvalue weighted by Gasteiger charge is 2.19. The Balaban J connectivity index is 2.03. The highest BCUT2D eigenvalue weighted by molar-refractivity contribution is 5.68. The molecule has 6 heteroatoms. The number of rotatable bonds is 7. The van der Waals surface area contributed by atoms with Gasteiger partial charge < -0.3 is 19.3 Å². The van der Waals surface area contributed by atoms with Crippen LogP contribution < -0.4 is 9.47 Å². The SMILES string of the molecule is COc1ccc(CN(C)C2CCOCC2)cc1OCC(=O)O. The van der Waals surface area contributed by atoms with E-state index in [-0.39, 0.29) is 6.61 Å². The predicted molar refractivity (Wildman–Crippen MR) is 81.4 cm³/mol. The minimum absolute atomic E-state index is 0.379. The van der Waals surface area contributed by atoms with Crippen LogP contribution in [0.5, 0.6) is 11.5 Å². The normalized spacial score (nSPS) is 15.8. The van der Waals surface area contributed by atoms with E-state index in [0.29, 0.717) is 17.5 Å². The predicted octanol–water partition coefficient (Wildman–Crippen LogP) is 1.77. The number of nitrogens with zero attached hydrogens (tertiary/aromatic N) is 1. The van der Waals surface area contributed by atoms with Gasteiger partial charge in [0.2, 0.25) is 0 Å². The van der Waals surface area contributed by atoms with Crippen LogP contribution in [0.1, 0.15) is 18.4 Å². The van der Waals surface area contributed by atoms with Gasteiger partial charge in [-0.3, -0.25) is 4.90 Å². The van der Waals surface area contributed by atoms with Crippen molar-refractivity contribution in [1.29, 1.82) is 0 Å². The number of hydrogen-bond donors (Lipinski definition) is 1. The van der Waals surface area contributed by atoms with Gasteiger partial charge in [-0.1, -0.05) is 6.07 Å². The first-order valence-electron chi connectivity index (χ1n) is 7.39. The summed E-state index contributed by atoms with van der Waals surface area (Å²) in [6.45, 7) is 2.02. The van der Waals surface area contributed by atoms with E-state index in [9.17, 15) is 4.79 Å². The molecule has 0 saturated carbocycles. The van der Waals surface area contributed by atoms with Crippen LogP contribution in [0.25, 0.3) is 0 Å². The fraction of sp³-hybridized carbons (Fsp3) is 0.562. The van der Waals surface area contributed by atoms with E-state index in [1.807, 2.05) is 18.2 Å². The number of benzene rings is 1. The number of carbonyl (C=O) groups is 1. The maximum atomic E-state index is 10.7. The molecule has 0 aromatic heterocycles. The molecule has 1 aromatic carbocycles. The molecule has 0 unspecified atom stereocenters. The molecule has 0 spiro atoms. The molecule has 1 saturated heterocycles. The summed E-state index contributed by atoms with van der Waals surface area (Å²) >= 11 is 0. The van der Waals surface area contributed by atoms with Gasteiger partial charge in [0.1, 0.15) is 0 Å². The van der Waals surface area contributed by atoms with E-state index in [2.05, 4.69) is 11.9 Å². The molecule has 0 amide bonds. The molecule has 0 radical (unpaired) electrons. The molecule has 1 aliphatic heterocycles. The average molecular weight is 309 g/mol. The number of methoxy groups -OCH3 is 1. The quantitative estimate of drug-likeness (QED) is 0.828. The number of ether oxygens (including phenoxy) is 3. The lowest BCUT2D eigenvalue weighted by molar-refractivity contribution is -0.139. The van der Waals surface area contributed by atoms with Crippen molar-refractivity contribution in [1.82, 2.24) is 4.90 Å². The van der Waals surface area contributed by atoms with Gasteiger partial charge in [-0.05, 0) is 37.6 Å². The van der Waals surface area contributed by atoms with E-state index in [4.69, 9.17) is 19.3 Å². The van der Waals surface area contributed by atoms with Gasteiger partial charge >= 0.3 is 5.97 Å². The molecule has 0 bridgehead atoms. The Bertz CT molecular complexity index is 499. The summed E-state index contributed by atoms with van der Waals surface area (Å²) in [4.78, 5) is 13.0. The van der Waals surface area contributed by atoms with Crippen LogP contribution in [-0.4, -0.2) is 56.0 Å². The van der Waals surface area contributed by atoms with Crippen molar-refractivity contribution in [2.24, 2.45) is 0 Å². The van der Waals surface area contributed by atoms with Crippen LogP contribution in [0.15, 0.2) is 18.2 Å². The summed E-state index contributed by atoms with van der Waals surface area (Å²) in [6.07, 6.45) is 2.07. The summed E-state index contributed by atoms with van der Waals surface area (Å²) < 4.78 is 15.9. The van der Waals surface area contributed by atoms with Crippen molar-refractivity contribution in [3.8, 4) is 11.5 Å². The number of aliphatic carboxylic acids is 1. The van der Waals surface area contributed by atoms with Crippen molar-refractivity contribution in [2.75, 3.05) is 34.0 Å². The lowest BCUT2D eigenvalue weighted by Gasteiger charge is -2.31. The van der Waals surface area contributed by atoms with E-state index < -0.39 is 5.97 Å². The number of hydrogen-bond acceptors (Lipinski definition) is 5. The van der Waals surface area contributed by atoms with Crippen LogP contribution in [0, 0.1) is 0 Å². The van der Waals surface area contributed by atoms with Crippen molar-refractivity contribution in [2.45, 2.75) is 25.4 Å². The highest BCUT2D eigenvalue weighted by Crippen LogP contribution is 2.29. The third kappa shape index (κ3) is 4.61. The lowest BCUT2D eigenvalue weighted by atomic mass is 10.1. The fourth-order valence-electron chi connectivity index (χ4n) is 2.61. The third-order valence-corrected chi connectivity index (χ3v) is 3.83. The summed E-state index contributed by atoms with van der Waals surface area (Å²) in [7, 11) is 3.63. The topological polar surface area (TPSA) is 68.2 Å². The van der Waals surface area contributed by atoms with Crippen LogP contribution >= 0.6 is 0 Å². The summed E-state index contributed by atoms with van der Waals surface area (Å²) in [5, 5.41) is 8.74. The molecule has 0 aliphatic carbocycles. The maximum absolute atomic E-state index is 10.7. The van der Waals surface area contributed by atoms with Gasteiger partial charge in [0.15, 0.2) is 18.1 Å². The first-order valence-corrected chi connectivity index (χ1v) is 7.39. The summed E-state index contributed by atoms with van der Waals surface area (Å²) in [5.41, 5.74) is 1.06. The van der Waals surface area contributed by atoms with Crippen molar-refractivity contribution in [3.05, 3.63) is 23.8 Å². The Morgan fingerprint density at radius 2 is 2.09 bits per heavy atom. The summed E-state index contributed by atoms with van der Waals surface area (Å²) in [5.74, 6) is -0.00623. The second-order valence-electron chi connectivity index (χ2n) is 5.43. The Morgan fingerprint density at radius 1 is 1.36 bits per heavy atom. The molecular formula is C16H23NO5. The zero-order chi connectivity index (χ0) is 15.9.